The van der Waals surface area contributed by atoms with E-state index in [0.717, 1.165) is 5.56 Å². The fourth-order valence-corrected chi connectivity index (χ4v) is 1.61. The number of ketones is 1. The van der Waals surface area contributed by atoms with Gasteiger partial charge in [0.2, 0.25) is 0 Å². The van der Waals surface area contributed by atoms with Gasteiger partial charge in [0, 0.05) is 5.56 Å². The number of aryl methyl sites for hydroxylation is 1. The lowest BCUT2D eigenvalue weighted by Gasteiger charge is -2.10. The Morgan fingerprint density at radius 3 is 2.56 bits per heavy atom. The van der Waals surface area contributed by atoms with Crippen LogP contribution >= 0.6 is 0 Å². The molecule has 3 heteroatoms. The normalized spacial score (nSPS) is 9.62. The van der Waals surface area contributed by atoms with Gasteiger partial charge in [0.15, 0.2) is 5.78 Å². The van der Waals surface area contributed by atoms with Crippen molar-refractivity contribution < 1.29 is 9.53 Å². The van der Waals surface area contributed by atoms with Crippen LogP contribution in [0.4, 0.5) is 0 Å². The van der Waals surface area contributed by atoms with Gasteiger partial charge >= 0.3 is 0 Å². The lowest BCUT2D eigenvalue weighted by Crippen LogP contribution is -2.03. The van der Waals surface area contributed by atoms with E-state index in [2.05, 4.69) is 6.07 Å². The molecule has 16 heavy (non-hydrogen) atoms. The van der Waals surface area contributed by atoms with Gasteiger partial charge in [0.1, 0.15) is 11.8 Å². The van der Waals surface area contributed by atoms with Crippen LogP contribution in [0, 0.1) is 11.3 Å². The van der Waals surface area contributed by atoms with Gasteiger partial charge in [-0.1, -0.05) is 6.92 Å². The van der Waals surface area contributed by atoms with Crippen LogP contribution in [0.2, 0.25) is 0 Å². The van der Waals surface area contributed by atoms with Crippen molar-refractivity contribution in [2.75, 3.05) is 6.61 Å². The first-order valence-corrected chi connectivity index (χ1v) is 5.34. The lowest BCUT2D eigenvalue weighted by atomic mass is 9.97. The standard InChI is InChI=1S/C13H15NO2/c1-4-10-6-11(16-5-2)7-12(9(3)15)13(10)8-14/h6-7H,4-5H2,1-3H3. The Labute approximate surface area is 95.7 Å². The second kappa shape index (κ2) is 5.32. The minimum Gasteiger partial charge on any atom is -0.494 e. The van der Waals surface area contributed by atoms with Gasteiger partial charge in [-0.25, -0.2) is 0 Å². The van der Waals surface area contributed by atoms with Crippen molar-refractivity contribution >= 4 is 5.78 Å². The summed E-state index contributed by atoms with van der Waals surface area (Å²) in [6.07, 6.45) is 0.712. The number of benzene rings is 1. The van der Waals surface area contributed by atoms with E-state index in [1.807, 2.05) is 19.9 Å². The summed E-state index contributed by atoms with van der Waals surface area (Å²) in [5, 5.41) is 9.06. The van der Waals surface area contributed by atoms with Crippen molar-refractivity contribution in [2.45, 2.75) is 27.2 Å². The summed E-state index contributed by atoms with van der Waals surface area (Å²) in [5.41, 5.74) is 1.78. The van der Waals surface area contributed by atoms with E-state index in [1.54, 1.807) is 6.07 Å². The Balaban J connectivity index is 3.39. The van der Waals surface area contributed by atoms with Crippen LogP contribution in [0.3, 0.4) is 0 Å². The molecule has 0 saturated heterocycles. The fourth-order valence-electron chi connectivity index (χ4n) is 1.61. The quantitative estimate of drug-likeness (QED) is 0.728. The highest BCUT2D eigenvalue weighted by Gasteiger charge is 2.13. The SMILES string of the molecule is CCOc1cc(CC)c(C#N)c(C(C)=O)c1. The molecule has 0 amide bonds. The first-order valence-electron chi connectivity index (χ1n) is 5.34. The smallest absolute Gasteiger partial charge is 0.161 e. The summed E-state index contributed by atoms with van der Waals surface area (Å²) >= 11 is 0. The molecule has 1 aromatic rings. The summed E-state index contributed by atoms with van der Waals surface area (Å²) < 4.78 is 5.38. The van der Waals surface area contributed by atoms with Crippen molar-refractivity contribution in [3.63, 3.8) is 0 Å². The molecule has 0 unspecified atom stereocenters. The molecule has 1 rings (SSSR count). The highest BCUT2D eigenvalue weighted by Crippen LogP contribution is 2.23. The maximum atomic E-state index is 11.4. The molecule has 0 heterocycles. The molecule has 0 aliphatic carbocycles. The van der Waals surface area contributed by atoms with Gasteiger partial charge in [0.25, 0.3) is 0 Å². The third-order valence-corrected chi connectivity index (χ3v) is 2.38. The average molecular weight is 217 g/mol. The van der Waals surface area contributed by atoms with Crippen LogP contribution in [0.15, 0.2) is 12.1 Å². The summed E-state index contributed by atoms with van der Waals surface area (Å²) in [7, 11) is 0. The Bertz CT molecular complexity index is 444. The van der Waals surface area contributed by atoms with Crippen LogP contribution in [-0.4, -0.2) is 12.4 Å². The molecule has 1 aromatic carbocycles. The van der Waals surface area contributed by atoms with Gasteiger partial charge in [0.05, 0.1) is 12.2 Å². The van der Waals surface area contributed by atoms with Crippen LogP contribution in [-0.2, 0) is 6.42 Å². The molecular weight excluding hydrogens is 202 g/mol. The summed E-state index contributed by atoms with van der Waals surface area (Å²) in [5.74, 6) is 0.552. The number of nitrogens with zero attached hydrogens (tertiary/aromatic N) is 1. The maximum absolute atomic E-state index is 11.4. The number of hydrogen-bond donors (Lipinski definition) is 0. The van der Waals surface area contributed by atoms with Crippen molar-refractivity contribution in [1.29, 1.82) is 5.26 Å². The highest BCUT2D eigenvalue weighted by molar-refractivity contribution is 5.97. The molecule has 0 radical (unpaired) electrons. The molecule has 0 fully saturated rings. The van der Waals surface area contributed by atoms with E-state index >= 15 is 0 Å². The minimum absolute atomic E-state index is 0.104. The lowest BCUT2D eigenvalue weighted by molar-refractivity contribution is 0.101. The zero-order valence-corrected chi connectivity index (χ0v) is 9.83. The fraction of sp³-hybridized carbons (Fsp3) is 0.385. The number of hydrogen-bond acceptors (Lipinski definition) is 3. The van der Waals surface area contributed by atoms with Gasteiger partial charge < -0.3 is 4.74 Å². The van der Waals surface area contributed by atoms with Crippen molar-refractivity contribution in [1.82, 2.24) is 0 Å². The van der Waals surface area contributed by atoms with Gasteiger partial charge in [-0.05, 0) is 38.0 Å². The first-order chi connectivity index (χ1) is 7.63. The predicted molar refractivity (Wildman–Crippen MR) is 61.7 cm³/mol. The zero-order valence-electron chi connectivity index (χ0n) is 9.83. The molecular formula is C13H15NO2. The molecule has 0 atom stereocenters. The topological polar surface area (TPSA) is 50.1 Å². The molecule has 0 aliphatic rings. The number of Topliss-reactive ketones (excluding diaryl/α,β-unsaturated/α-hetero) is 1. The van der Waals surface area contributed by atoms with Crippen LogP contribution in [0.25, 0.3) is 0 Å². The highest BCUT2D eigenvalue weighted by atomic mass is 16.5. The monoisotopic (exact) mass is 217 g/mol. The Morgan fingerprint density at radius 1 is 1.44 bits per heavy atom. The first kappa shape index (κ1) is 12.3. The number of carbonyl (C=O) groups excluding carboxylic acids is 1. The number of rotatable bonds is 4. The molecule has 0 bridgehead atoms. The van der Waals surface area contributed by atoms with E-state index in [9.17, 15) is 4.79 Å². The van der Waals surface area contributed by atoms with E-state index in [4.69, 9.17) is 10.00 Å². The van der Waals surface area contributed by atoms with Crippen LogP contribution in [0.5, 0.6) is 5.75 Å². The zero-order chi connectivity index (χ0) is 12.1. The van der Waals surface area contributed by atoms with Crippen molar-refractivity contribution in [2.24, 2.45) is 0 Å². The Kier molecular flexibility index (Phi) is 4.07. The maximum Gasteiger partial charge on any atom is 0.161 e. The second-order valence-electron chi connectivity index (χ2n) is 3.46. The van der Waals surface area contributed by atoms with E-state index < -0.39 is 0 Å². The molecule has 0 aromatic heterocycles. The number of nitriles is 1. The number of ether oxygens (including phenoxy) is 1. The van der Waals surface area contributed by atoms with E-state index in [1.165, 1.54) is 6.92 Å². The number of carbonyl (C=O) groups is 1. The van der Waals surface area contributed by atoms with Crippen LogP contribution < -0.4 is 4.74 Å². The van der Waals surface area contributed by atoms with Gasteiger partial charge in [-0.3, -0.25) is 4.79 Å². The summed E-state index contributed by atoms with van der Waals surface area (Å²) in [6, 6.07) is 5.56. The Morgan fingerprint density at radius 2 is 2.12 bits per heavy atom. The van der Waals surface area contributed by atoms with Crippen molar-refractivity contribution in [3.8, 4) is 11.8 Å². The largest absolute Gasteiger partial charge is 0.494 e. The molecule has 0 aliphatic heterocycles. The van der Waals surface area contributed by atoms with E-state index in [0.29, 0.717) is 29.9 Å². The third kappa shape index (κ3) is 2.40. The summed E-state index contributed by atoms with van der Waals surface area (Å²) in [6.45, 7) is 5.85. The molecule has 0 N–H and O–H groups in total. The summed E-state index contributed by atoms with van der Waals surface area (Å²) in [4.78, 5) is 11.4. The van der Waals surface area contributed by atoms with E-state index in [-0.39, 0.29) is 5.78 Å². The molecule has 0 spiro atoms. The molecule has 3 nitrogen and oxygen atoms in total. The van der Waals surface area contributed by atoms with Crippen LogP contribution in [0.1, 0.15) is 42.3 Å². The average Bonchev–Trinajstić information content (AvgIpc) is 2.28. The second-order valence-corrected chi connectivity index (χ2v) is 3.46. The predicted octanol–water partition coefficient (Wildman–Crippen LogP) is 2.72. The van der Waals surface area contributed by atoms with Crippen molar-refractivity contribution in [3.05, 3.63) is 28.8 Å². The minimum atomic E-state index is -0.104. The molecule has 0 saturated carbocycles. The van der Waals surface area contributed by atoms with Gasteiger partial charge in [-0.15, -0.1) is 0 Å². The Hall–Kier alpha value is -1.82. The van der Waals surface area contributed by atoms with Gasteiger partial charge in [-0.2, -0.15) is 5.26 Å². The third-order valence-electron chi connectivity index (χ3n) is 2.38. The molecule has 84 valence electrons.